The summed E-state index contributed by atoms with van der Waals surface area (Å²) >= 11 is 0. The van der Waals surface area contributed by atoms with Crippen molar-refractivity contribution >= 4 is 23.2 Å². The third-order valence-electron chi connectivity index (χ3n) is 3.52. The molecule has 8 nitrogen and oxygen atoms in total. The zero-order valence-corrected chi connectivity index (χ0v) is 14.9. The molecule has 0 fully saturated rings. The number of anilines is 2. The monoisotopic (exact) mass is 360 g/mol. The minimum atomic E-state index is -0.855. The first-order valence-electron chi connectivity index (χ1n) is 7.58. The van der Waals surface area contributed by atoms with Crippen molar-refractivity contribution in [2.75, 3.05) is 39.1 Å². The largest absolute Gasteiger partial charge is 0.497 e. The molecule has 0 unspecified atom stereocenters. The second kappa shape index (κ2) is 8.61. The van der Waals surface area contributed by atoms with Crippen LogP contribution in [0.3, 0.4) is 0 Å². The van der Waals surface area contributed by atoms with Gasteiger partial charge in [0.2, 0.25) is 0 Å². The molecule has 2 amide bonds. The molecular formula is C18H20N2O6. The minimum Gasteiger partial charge on any atom is -0.497 e. The predicted molar refractivity (Wildman–Crippen MR) is 96.4 cm³/mol. The summed E-state index contributed by atoms with van der Waals surface area (Å²) in [6.07, 6.45) is 0. The molecule has 26 heavy (non-hydrogen) atoms. The van der Waals surface area contributed by atoms with Gasteiger partial charge < -0.3 is 29.6 Å². The van der Waals surface area contributed by atoms with Crippen LogP contribution in [0.5, 0.6) is 23.0 Å². The van der Waals surface area contributed by atoms with Crippen LogP contribution < -0.4 is 29.6 Å². The number of hydrogen-bond acceptors (Lipinski definition) is 6. The van der Waals surface area contributed by atoms with E-state index >= 15 is 0 Å². The Morgan fingerprint density at radius 2 is 1.04 bits per heavy atom. The van der Waals surface area contributed by atoms with E-state index in [4.69, 9.17) is 18.9 Å². The van der Waals surface area contributed by atoms with E-state index in [9.17, 15) is 9.59 Å². The summed E-state index contributed by atoms with van der Waals surface area (Å²) in [5.74, 6) is 0.150. The van der Waals surface area contributed by atoms with Gasteiger partial charge in [-0.25, -0.2) is 0 Å². The van der Waals surface area contributed by atoms with Crippen LogP contribution in [0.15, 0.2) is 36.4 Å². The van der Waals surface area contributed by atoms with Crippen molar-refractivity contribution in [3.05, 3.63) is 36.4 Å². The van der Waals surface area contributed by atoms with Crippen LogP contribution in [-0.4, -0.2) is 40.3 Å². The third-order valence-corrected chi connectivity index (χ3v) is 3.52. The normalized spacial score (nSPS) is 9.85. The van der Waals surface area contributed by atoms with Crippen LogP contribution >= 0.6 is 0 Å². The molecule has 0 saturated heterocycles. The number of carbonyl (C=O) groups is 2. The molecule has 0 atom stereocenters. The second-order valence-electron chi connectivity index (χ2n) is 5.04. The Morgan fingerprint density at radius 1 is 0.654 bits per heavy atom. The Balaban J connectivity index is 2.12. The Kier molecular flexibility index (Phi) is 6.26. The molecule has 2 rings (SSSR count). The molecule has 0 heterocycles. The van der Waals surface area contributed by atoms with Crippen LogP contribution in [-0.2, 0) is 9.59 Å². The molecule has 8 heteroatoms. The second-order valence-corrected chi connectivity index (χ2v) is 5.04. The van der Waals surface area contributed by atoms with Crippen LogP contribution in [0.1, 0.15) is 0 Å². The van der Waals surface area contributed by atoms with Gasteiger partial charge in [0.15, 0.2) is 0 Å². The number of hydrogen-bond donors (Lipinski definition) is 2. The van der Waals surface area contributed by atoms with Crippen LogP contribution in [0.25, 0.3) is 0 Å². The summed E-state index contributed by atoms with van der Waals surface area (Å²) in [6.45, 7) is 0. The summed E-state index contributed by atoms with van der Waals surface area (Å²) < 4.78 is 20.6. The number of rotatable bonds is 6. The van der Waals surface area contributed by atoms with Gasteiger partial charge in [-0.3, -0.25) is 9.59 Å². The van der Waals surface area contributed by atoms with Gasteiger partial charge in [0, 0.05) is 12.1 Å². The highest BCUT2D eigenvalue weighted by Gasteiger charge is 2.18. The van der Waals surface area contributed by atoms with E-state index in [1.165, 1.54) is 28.4 Å². The first-order valence-corrected chi connectivity index (χ1v) is 7.58. The Labute approximate surface area is 151 Å². The number of carbonyl (C=O) groups excluding carboxylic acids is 2. The van der Waals surface area contributed by atoms with Gasteiger partial charge in [-0.1, -0.05) is 0 Å². The molecule has 2 aromatic rings. The lowest BCUT2D eigenvalue weighted by atomic mass is 10.2. The number of ether oxygens (including phenoxy) is 4. The van der Waals surface area contributed by atoms with Crippen molar-refractivity contribution in [1.29, 1.82) is 0 Å². The van der Waals surface area contributed by atoms with Crippen molar-refractivity contribution in [1.82, 2.24) is 0 Å². The van der Waals surface area contributed by atoms with E-state index in [0.29, 0.717) is 34.4 Å². The van der Waals surface area contributed by atoms with Gasteiger partial charge in [-0.05, 0) is 24.3 Å². The Bertz CT molecular complexity index is 739. The Hall–Kier alpha value is -3.42. The fraction of sp³-hybridized carbons (Fsp3) is 0.222. The van der Waals surface area contributed by atoms with E-state index in [2.05, 4.69) is 10.6 Å². The molecule has 0 aliphatic heterocycles. The number of benzene rings is 2. The van der Waals surface area contributed by atoms with Crippen molar-refractivity contribution in [2.24, 2.45) is 0 Å². The molecular weight excluding hydrogens is 340 g/mol. The number of methoxy groups -OCH3 is 4. The fourth-order valence-corrected chi connectivity index (χ4v) is 2.16. The average Bonchev–Trinajstić information content (AvgIpc) is 2.68. The molecule has 0 aliphatic carbocycles. The van der Waals surface area contributed by atoms with E-state index in [1.54, 1.807) is 36.4 Å². The molecule has 2 N–H and O–H groups in total. The highest BCUT2D eigenvalue weighted by atomic mass is 16.5. The summed E-state index contributed by atoms with van der Waals surface area (Å²) in [4.78, 5) is 24.4. The molecule has 0 spiro atoms. The fourth-order valence-electron chi connectivity index (χ4n) is 2.16. The molecule has 2 aromatic carbocycles. The smallest absolute Gasteiger partial charge is 0.314 e. The van der Waals surface area contributed by atoms with Gasteiger partial charge in [-0.15, -0.1) is 0 Å². The maximum absolute atomic E-state index is 12.2. The van der Waals surface area contributed by atoms with Crippen LogP contribution in [0, 0.1) is 0 Å². The first kappa shape index (κ1) is 18.9. The quantitative estimate of drug-likeness (QED) is 0.768. The van der Waals surface area contributed by atoms with E-state index in [1.807, 2.05) is 0 Å². The maximum atomic E-state index is 12.2. The van der Waals surface area contributed by atoms with Crippen molar-refractivity contribution < 1.29 is 28.5 Å². The standard InChI is InChI=1S/C18H20N2O6/c1-23-11-5-7-13(15(9-11)25-3)19-17(21)18(22)20-14-8-6-12(24-2)10-16(14)26-4/h5-10H,1-4H3,(H,19,21)(H,20,22). The van der Waals surface area contributed by atoms with Crippen molar-refractivity contribution in [3.8, 4) is 23.0 Å². The lowest BCUT2D eigenvalue weighted by Crippen LogP contribution is -2.29. The van der Waals surface area contributed by atoms with Crippen LogP contribution in [0.4, 0.5) is 11.4 Å². The molecule has 0 bridgehead atoms. The summed E-state index contributed by atoms with van der Waals surface area (Å²) in [5.41, 5.74) is 0.685. The summed E-state index contributed by atoms with van der Waals surface area (Å²) in [6, 6.07) is 9.64. The minimum absolute atomic E-state index is 0.343. The lowest BCUT2D eigenvalue weighted by molar-refractivity contribution is -0.133. The molecule has 0 aliphatic rings. The highest BCUT2D eigenvalue weighted by molar-refractivity contribution is 6.44. The van der Waals surface area contributed by atoms with Gasteiger partial charge in [0.1, 0.15) is 23.0 Å². The zero-order chi connectivity index (χ0) is 19.1. The Morgan fingerprint density at radius 3 is 1.35 bits per heavy atom. The van der Waals surface area contributed by atoms with Gasteiger partial charge in [0.05, 0.1) is 39.8 Å². The summed E-state index contributed by atoms with van der Waals surface area (Å²) in [7, 11) is 5.94. The molecule has 0 radical (unpaired) electrons. The van der Waals surface area contributed by atoms with Gasteiger partial charge in [0.25, 0.3) is 0 Å². The average molecular weight is 360 g/mol. The predicted octanol–water partition coefficient (Wildman–Crippen LogP) is 2.30. The van der Waals surface area contributed by atoms with E-state index in [-0.39, 0.29) is 0 Å². The van der Waals surface area contributed by atoms with Gasteiger partial charge in [-0.2, -0.15) is 0 Å². The first-order chi connectivity index (χ1) is 12.5. The van der Waals surface area contributed by atoms with Crippen molar-refractivity contribution in [3.63, 3.8) is 0 Å². The lowest BCUT2D eigenvalue weighted by Gasteiger charge is -2.13. The third kappa shape index (κ3) is 4.35. The summed E-state index contributed by atoms with van der Waals surface area (Å²) in [5, 5.41) is 4.99. The molecule has 138 valence electrons. The van der Waals surface area contributed by atoms with Gasteiger partial charge >= 0.3 is 11.8 Å². The number of amides is 2. The van der Waals surface area contributed by atoms with E-state index in [0.717, 1.165) is 0 Å². The topological polar surface area (TPSA) is 95.1 Å². The zero-order valence-electron chi connectivity index (χ0n) is 14.9. The van der Waals surface area contributed by atoms with Crippen molar-refractivity contribution in [2.45, 2.75) is 0 Å². The van der Waals surface area contributed by atoms with Crippen LogP contribution in [0.2, 0.25) is 0 Å². The SMILES string of the molecule is COc1ccc(NC(=O)C(=O)Nc2ccc(OC)cc2OC)c(OC)c1. The molecule has 0 saturated carbocycles. The maximum Gasteiger partial charge on any atom is 0.314 e. The highest BCUT2D eigenvalue weighted by Crippen LogP contribution is 2.30. The molecule has 0 aromatic heterocycles. The van der Waals surface area contributed by atoms with E-state index < -0.39 is 11.8 Å². The number of nitrogens with one attached hydrogen (secondary N) is 2.